The number of aliphatic hydroxyl groups excluding tert-OH is 1. The van der Waals surface area contributed by atoms with Crippen LogP contribution in [0.1, 0.15) is 11.3 Å². The van der Waals surface area contributed by atoms with Crippen LogP contribution in [0.4, 0.5) is 0 Å². The summed E-state index contributed by atoms with van der Waals surface area (Å²) in [6.07, 6.45) is 1.19. The summed E-state index contributed by atoms with van der Waals surface area (Å²) in [4.78, 5) is 1.20. The summed E-state index contributed by atoms with van der Waals surface area (Å²) in [5, 5.41) is 9.17. The Labute approximate surface area is 81.0 Å². The molecular weight excluding hydrogens is 194 g/mol. The van der Waals surface area contributed by atoms with Crippen LogP contribution in [0.25, 0.3) is 0 Å². The Kier molecular flexibility index (Phi) is 4.01. The van der Waals surface area contributed by atoms with Gasteiger partial charge in [-0.25, -0.2) is 0 Å². The van der Waals surface area contributed by atoms with Gasteiger partial charge in [-0.1, -0.05) is 11.6 Å². The van der Waals surface area contributed by atoms with Gasteiger partial charge in [0.2, 0.25) is 0 Å². The highest BCUT2D eigenvalue weighted by atomic mass is 35.5. The molecule has 0 bridgehead atoms. The van der Waals surface area contributed by atoms with E-state index in [1.807, 2.05) is 12.1 Å². The Morgan fingerprint density at radius 1 is 1.58 bits per heavy atom. The Bertz CT molecular complexity index is 239. The van der Waals surface area contributed by atoms with Gasteiger partial charge in [0.05, 0.1) is 10.4 Å². The van der Waals surface area contributed by atoms with Crippen LogP contribution in [0.5, 0.6) is 0 Å². The summed E-state index contributed by atoms with van der Waals surface area (Å²) < 4.78 is 0.798. The first-order valence-electron chi connectivity index (χ1n) is 3.84. The van der Waals surface area contributed by atoms with Crippen molar-refractivity contribution in [2.75, 3.05) is 6.54 Å². The Morgan fingerprint density at radius 2 is 2.33 bits per heavy atom. The van der Waals surface area contributed by atoms with Gasteiger partial charge < -0.3 is 10.8 Å². The van der Waals surface area contributed by atoms with Crippen LogP contribution in [0, 0.1) is 0 Å². The lowest BCUT2D eigenvalue weighted by Crippen LogP contribution is -2.19. The first kappa shape index (κ1) is 9.99. The highest BCUT2D eigenvalue weighted by Gasteiger charge is 2.03. The molecule has 12 heavy (non-hydrogen) atoms. The van der Waals surface area contributed by atoms with E-state index in [9.17, 15) is 5.11 Å². The standard InChI is InChI=1S/C8H12ClNOS/c9-8-4-3-7(12-8)2-1-6(11)5-10/h3-4,6,11H,1-2,5,10H2. The molecule has 0 aliphatic heterocycles. The molecule has 0 radical (unpaired) electrons. The van der Waals surface area contributed by atoms with Gasteiger partial charge in [0.25, 0.3) is 0 Å². The van der Waals surface area contributed by atoms with Gasteiger partial charge in [-0.15, -0.1) is 11.3 Å². The van der Waals surface area contributed by atoms with Gasteiger partial charge in [-0.3, -0.25) is 0 Å². The molecule has 1 unspecified atom stereocenters. The predicted octanol–water partition coefficient (Wildman–Crippen LogP) is 1.65. The van der Waals surface area contributed by atoms with E-state index in [0.29, 0.717) is 13.0 Å². The monoisotopic (exact) mass is 205 g/mol. The average Bonchev–Trinajstić information content (AvgIpc) is 2.47. The molecule has 0 aromatic carbocycles. The molecule has 3 N–H and O–H groups in total. The van der Waals surface area contributed by atoms with Gasteiger partial charge >= 0.3 is 0 Å². The largest absolute Gasteiger partial charge is 0.392 e. The summed E-state index contributed by atoms with van der Waals surface area (Å²) in [5.74, 6) is 0. The first-order chi connectivity index (χ1) is 5.72. The normalized spacial score (nSPS) is 13.2. The van der Waals surface area contributed by atoms with Crippen molar-refractivity contribution in [3.8, 4) is 0 Å². The summed E-state index contributed by atoms with van der Waals surface area (Å²) in [6, 6.07) is 3.85. The van der Waals surface area contributed by atoms with Crippen LogP contribution in [0.3, 0.4) is 0 Å². The van der Waals surface area contributed by atoms with Gasteiger partial charge in [0, 0.05) is 11.4 Å². The smallest absolute Gasteiger partial charge is 0.0931 e. The number of hydrogen-bond acceptors (Lipinski definition) is 3. The SMILES string of the molecule is NCC(O)CCc1ccc(Cl)s1. The van der Waals surface area contributed by atoms with Crippen molar-refractivity contribution in [1.82, 2.24) is 0 Å². The molecule has 1 heterocycles. The fourth-order valence-electron chi connectivity index (χ4n) is 0.913. The zero-order chi connectivity index (χ0) is 8.97. The van der Waals surface area contributed by atoms with E-state index in [1.54, 1.807) is 11.3 Å². The van der Waals surface area contributed by atoms with Crippen LogP contribution < -0.4 is 5.73 Å². The Hall–Kier alpha value is -0.0900. The lowest BCUT2D eigenvalue weighted by molar-refractivity contribution is 0.173. The van der Waals surface area contributed by atoms with E-state index in [1.165, 1.54) is 4.88 Å². The minimum absolute atomic E-state index is 0.332. The molecule has 0 saturated heterocycles. The van der Waals surface area contributed by atoms with Crippen LogP contribution >= 0.6 is 22.9 Å². The number of halogens is 1. The van der Waals surface area contributed by atoms with Crippen molar-refractivity contribution in [3.63, 3.8) is 0 Å². The number of hydrogen-bond donors (Lipinski definition) is 2. The average molecular weight is 206 g/mol. The molecule has 1 atom stereocenters. The second-order valence-electron chi connectivity index (χ2n) is 2.63. The van der Waals surface area contributed by atoms with E-state index < -0.39 is 0 Å². The molecule has 1 aromatic rings. The van der Waals surface area contributed by atoms with Crippen molar-refractivity contribution >= 4 is 22.9 Å². The van der Waals surface area contributed by atoms with Crippen LogP contribution in [0.15, 0.2) is 12.1 Å². The lowest BCUT2D eigenvalue weighted by Gasteiger charge is -2.04. The highest BCUT2D eigenvalue weighted by molar-refractivity contribution is 7.16. The molecule has 0 amide bonds. The van der Waals surface area contributed by atoms with Crippen molar-refractivity contribution < 1.29 is 5.11 Å². The molecule has 0 spiro atoms. The van der Waals surface area contributed by atoms with Gasteiger partial charge in [-0.2, -0.15) is 0 Å². The summed E-state index contributed by atoms with van der Waals surface area (Å²) in [7, 11) is 0. The van der Waals surface area contributed by atoms with Crippen molar-refractivity contribution in [1.29, 1.82) is 0 Å². The van der Waals surface area contributed by atoms with Crippen LogP contribution in [-0.2, 0) is 6.42 Å². The predicted molar refractivity (Wildman–Crippen MR) is 52.7 cm³/mol. The number of thiophene rings is 1. The molecule has 0 aliphatic rings. The maximum atomic E-state index is 9.17. The minimum Gasteiger partial charge on any atom is -0.392 e. The van der Waals surface area contributed by atoms with Gasteiger partial charge in [0.1, 0.15) is 0 Å². The molecule has 68 valence electrons. The molecule has 0 aliphatic carbocycles. The Balaban J connectivity index is 2.33. The molecule has 2 nitrogen and oxygen atoms in total. The fraction of sp³-hybridized carbons (Fsp3) is 0.500. The maximum Gasteiger partial charge on any atom is 0.0931 e. The molecular formula is C8H12ClNOS. The van der Waals surface area contributed by atoms with E-state index in [0.717, 1.165) is 10.8 Å². The minimum atomic E-state index is -0.383. The number of rotatable bonds is 4. The zero-order valence-electron chi connectivity index (χ0n) is 6.66. The molecule has 0 saturated carbocycles. The van der Waals surface area contributed by atoms with E-state index in [2.05, 4.69) is 0 Å². The molecule has 4 heteroatoms. The zero-order valence-corrected chi connectivity index (χ0v) is 8.24. The highest BCUT2D eigenvalue weighted by Crippen LogP contribution is 2.22. The second kappa shape index (κ2) is 4.82. The lowest BCUT2D eigenvalue weighted by atomic mass is 10.2. The van der Waals surface area contributed by atoms with Crippen LogP contribution in [-0.4, -0.2) is 17.8 Å². The third-order valence-electron chi connectivity index (χ3n) is 1.62. The molecule has 0 fully saturated rings. The molecule has 1 aromatic heterocycles. The summed E-state index contributed by atoms with van der Waals surface area (Å²) >= 11 is 7.29. The number of aliphatic hydroxyl groups is 1. The summed E-state index contributed by atoms with van der Waals surface area (Å²) in [6.45, 7) is 0.332. The van der Waals surface area contributed by atoms with Crippen LogP contribution in [0.2, 0.25) is 4.34 Å². The van der Waals surface area contributed by atoms with Gasteiger partial charge in [-0.05, 0) is 25.0 Å². The Morgan fingerprint density at radius 3 is 2.83 bits per heavy atom. The van der Waals surface area contributed by atoms with E-state index >= 15 is 0 Å². The molecule has 1 rings (SSSR count). The summed E-state index contributed by atoms with van der Waals surface area (Å²) in [5.41, 5.74) is 5.27. The van der Waals surface area contributed by atoms with E-state index in [4.69, 9.17) is 17.3 Å². The number of nitrogens with two attached hydrogens (primary N) is 1. The topological polar surface area (TPSA) is 46.2 Å². The first-order valence-corrected chi connectivity index (χ1v) is 5.04. The maximum absolute atomic E-state index is 9.17. The second-order valence-corrected chi connectivity index (χ2v) is 4.43. The van der Waals surface area contributed by atoms with Crippen molar-refractivity contribution in [2.45, 2.75) is 18.9 Å². The van der Waals surface area contributed by atoms with E-state index in [-0.39, 0.29) is 6.10 Å². The van der Waals surface area contributed by atoms with Crippen molar-refractivity contribution in [3.05, 3.63) is 21.3 Å². The van der Waals surface area contributed by atoms with Gasteiger partial charge in [0.15, 0.2) is 0 Å². The fourth-order valence-corrected chi connectivity index (χ4v) is 2.02. The quantitative estimate of drug-likeness (QED) is 0.786. The third kappa shape index (κ3) is 3.11. The third-order valence-corrected chi connectivity index (χ3v) is 2.92. The number of aryl methyl sites for hydroxylation is 1. The van der Waals surface area contributed by atoms with Crippen molar-refractivity contribution in [2.24, 2.45) is 5.73 Å².